The predicted octanol–water partition coefficient (Wildman–Crippen LogP) is 5.19. The molecule has 0 aliphatic rings. The quantitative estimate of drug-likeness (QED) is 0.309. The number of methoxy groups -OCH3 is 2. The van der Waals surface area contributed by atoms with E-state index >= 15 is 0 Å². The van der Waals surface area contributed by atoms with E-state index in [9.17, 15) is 0 Å². The highest BCUT2D eigenvalue weighted by atomic mass is 32.1. The number of aromatic nitrogens is 1. The van der Waals surface area contributed by atoms with Gasteiger partial charge in [-0.25, -0.2) is 4.98 Å². The molecule has 0 fully saturated rings. The second-order valence-electron chi connectivity index (χ2n) is 6.05. The second kappa shape index (κ2) is 12.3. The fourth-order valence-electron chi connectivity index (χ4n) is 2.14. The summed E-state index contributed by atoms with van der Waals surface area (Å²) in [5.74, 6) is 1.79. The molecule has 0 amide bonds. The molecule has 1 rings (SSSR count). The number of ether oxygens (including phenoxy) is 2. The van der Waals surface area contributed by atoms with Gasteiger partial charge in [-0.1, -0.05) is 6.08 Å². The van der Waals surface area contributed by atoms with Crippen LogP contribution in [-0.4, -0.2) is 37.5 Å². The maximum absolute atomic E-state index is 5.35. The lowest BCUT2D eigenvalue weighted by Gasteiger charge is -2.06. The van der Waals surface area contributed by atoms with E-state index in [4.69, 9.17) is 14.5 Å². The number of hydrogen-bond donors (Lipinski definition) is 1. The molecule has 0 aliphatic heterocycles. The molecule has 26 heavy (non-hydrogen) atoms. The highest BCUT2D eigenvalue weighted by Gasteiger charge is 2.09. The van der Waals surface area contributed by atoms with Gasteiger partial charge in [0, 0.05) is 17.8 Å². The summed E-state index contributed by atoms with van der Waals surface area (Å²) in [7, 11) is 3.35. The molecule has 0 spiro atoms. The Balaban J connectivity index is 2.89. The van der Waals surface area contributed by atoms with Crippen LogP contribution in [0.15, 0.2) is 46.7 Å². The molecule has 0 bridgehead atoms. The third-order valence-corrected chi connectivity index (χ3v) is 4.33. The van der Waals surface area contributed by atoms with Gasteiger partial charge >= 0.3 is 0 Å². The molecule has 0 saturated carbocycles. The van der Waals surface area contributed by atoms with Gasteiger partial charge in [0.15, 0.2) is 5.13 Å². The highest BCUT2D eigenvalue weighted by molar-refractivity contribution is 7.13. The summed E-state index contributed by atoms with van der Waals surface area (Å²) >= 11 is 1.61. The van der Waals surface area contributed by atoms with Crippen molar-refractivity contribution in [3.8, 4) is 0 Å². The van der Waals surface area contributed by atoms with E-state index in [1.54, 1.807) is 25.6 Å². The molecule has 1 N–H and O–H groups in total. The minimum atomic E-state index is 0.354. The van der Waals surface area contributed by atoms with E-state index < -0.39 is 0 Å². The van der Waals surface area contributed by atoms with Gasteiger partial charge in [0.1, 0.15) is 0 Å². The first-order valence-corrected chi connectivity index (χ1v) is 9.68. The summed E-state index contributed by atoms with van der Waals surface area (Å²) in [4.78, 5) is 9.41. The van der Waals surface area contributed by atoms with Crippen molar-refractivity contribution in [3.63, 3.8) is 0 Å². The summed E-state index contributed by atoms with van der Waals surface area (Å²) in [6.45, 7) is 10.5. The summed E-state index contributed by atoms with van der Waals surface area (Å²) in [5.41, 5.74) is 1.92. The molecule has 0 aromatic carbocycles. The van der Waals surface area contributed by atoms with Crippen LogP contribution in [0.3, 0.4) is 0 Å². The van der Waals surface area contributed by atoms with Crippen molar-refractivity contribution in [2.24, 2.45) is 4.99 Å². The lowest BCUT2D eigenvalue weighted by atomic mass is 10.1. The van der Waals surface area contributed by atoms with Gasteiger partial charge in [-0.05, 0) is 45.8 Å². The topological polar surface area (TPSA) is 55.7 Å². The Kier molecular flexibility index (Phi) is 10.4. The first kappa shape index (κ1) is 22.0. The van der Waals surface area contributed by atoms with Crippen molar-refractivity contribution < 1.29 is 9.47 Å². The molecule has 0 radical (unpaired) electrons. The van der Waals surface area contributed by atoms with Crippen LogP contribution < -0.4 is 5.32 Å². The van der Waals surface area contributed by atoms with Gasteiger partial charge in [-0.2, -0.15) is 0 Å². The number of thiazole rings is 1. The summed E-state index contributed by atoms with van der Waals surface area (Å²) in [5, 5.41) is 6.32. The number of aliphatic imine (C=N–C) groups is 1. The van der Waals surface area contributed by atoms with E-state index in [-0.39, 0.29) is 0 Å². The SMILES string of the molecule is C=CC/C(=C\CCC(=NC/C=C(\C)OC)c1csc(NC(C)C)n1)OC. The lowest BCUT2D eigenvalue weighted by molar-refractivity contribution is 0.283. The van der Waals surface area contributed by atoms with E-state index in [2.05, 4.69) is 42.2 Å². The maximum atomic E-state index is 5.35. The molecule has 1 aromatic heterocycles. The minimum Gasteiger partial charge on any atom is -0.502 e. The zero-order valence-corrected chi connectivity index (χ0v) is 17.4. The monoisotopic (exact) mass is 377 g/mol. The largest absolute Gasteiger partial charge is 0.502 e. The van der Waals surface area contributed by atoms with Gasteiger partial charge in [-0.15, -0.1) is 17.9 Å². The normalized spacial score (nSPS) is 13.1. The molecule has 0 atom stereocenters. The van der Waals surface area contributed by atoms with Gasteiger partial charge in [-0.3, -0.25) is 4.99 Å². The van der Waals surface area contributed by atoms with Crippen LogP contribution in [0.25, 0.3) is 0 Å². The van der Waals surface area contributed by atoms with Crippen LogP contribution >= 0.6 is 11.3 Å². The van der Waals surface area contributed by atoms with Crippen molar-refractivity contribution in [2.45, 2.75) is 46.1 Å². The molecule has 1 aromatic rings. The standard InChI is InChI=1S/C20H31N3O2S/c1-7-9-17(25-6)10-8-11-18(21-13-12-16(4)24-5)19-14-26-20(23-19)22-15(2)3/h7,10,12,14-15H,1,8-9,11,13H2,2-6H3,(H,22,23)/b16-12+,17-10+,21-18?. The first-order valence-electron chi connectivity index (χ1n) is 8.80. The van der Waals surface area contributed by atoms with E-state index in [0.29, 0.717) is 12.6 Å². The fraction of sp³-hybridized carbons (Fsp3) is 0.500. The number of allylic oxidation sites excluding steroid dienone is 3. The van der Waals surface area contributed by atoms with Crippen molar-refractivity contribution in [1.82, 2.24) is 4.98 Å². The smallest absolute Gasteiger partial charge is 0.183 e. The zero-order valence-electron chi connectivity index (χ0n) is 16.5. The molecule has 0 unspecified atom stereocenters. The Hall–Kier alpha value is -2.08. The van der Waals surface area contributed by atoms with Gasteiger partial charge in [0.2, 0.25) is 0 Å². The van der Waals surface area contributed by atoms with Gasteiger partial charge < -0.3 is 14.8 Å². The molecule has 0 saturated heterocycles. The summed E-state index contributed by atoms with van der Waals surface area (Å²) in [6.07, 6.45) is 8.27. The molecule has 0 aliphatic carbocycles. The number of nitrogens with one attached hydrogen (secondary N) is 1. The van der Waals surface area contributed by atoms with Gasteiger partial charge in [0.25, 0.3) is 0 Å². The van der Waals surface area contributed by atoms with Crippen molar-refractivity contribution in [1.29, 1.82) is 0 Å². The third-order valence-electron chi connectivity index (χ3n) is 3.56. The lowest BCUT2D eigenvalue weighted by Crippen LogP contribution is -2.10. The summed E-state index contributed by atoms with van der Waals surface area (Å²) < 4.78 is 10.5. The van der Waals surface area contributed by atoms with Crippen LogP contribution in [-0.2, 0) is 9.47 Å². The van der Waals surface area contributed by atoms with E-state index in [0.717, 1.165) is 47.3 Å². The molecule has 144 valence electrons. The van der Waals surface area contributed by atoms with Crippen molar-refractivity contribution in [3.05, 3.63) is 47.4 Å². The molecular formula is C20H31N3O2S. The molecular weight excluding hydrogens is 346 g/mol. The van der Waals surface area contributed by atoms with Gasteiger partial charge in [0.05, 0.1) is 43.7 Å². The molecule has 5 nitrogen and oxygen atoms in total. The van der Waals surface area contributed by atoms with Crippen LogP contribution in [0.2, 0.25) is 0 Å². The molecule has 1 heterocycles. The average Bonchev–Trinajstić information content (AvgIpc) is 3.06. The van der Waals surface area contributed by atoms with Crippen LogP contribution in [0.1, 0.15) is 45.7 Å². The van der Waals surface area contributed by atoms with Crippen molar-refractivity contribution >= 4 is 22.2 Å². The van der Waals surface area contributed by atoms with E-state index in [1.165, 1.54) is 0 Å². The van der Waals surface area contributed by atoms with Crippen LogP contribution in [0, 0.1) is 0 Å². The second-order valence-corrected chi connectivity index (χ2v) is 6.91. The number of nitrogens with zero attached hydrogens (tertiary/aromatic N) is 2. The predicted molar refractivity (Wildman–Crippen MR) is 112 cm³/mol. The third kappa shape index (κ3) is 8.34. The maximum Gasteiger partial charge on any atom is 0.183 e. The van der Waals surface area contributed by atoms with Crippen molar-refractivity contribution in [2.75, 3.05) is 26.1 Å². The Morgan fingerprint density at radius 1 is 1.35 bits per heavy atom. The Morgan fingerprint density at radius 3 is 2.73 bits per heavy atom. The van der Waals surface area contributed by atoms with E-state index in [1.807, 2.05) is 19.1 Å². The average molecular weight is 378 g/mol. The minimum absolute atomic E-state index is 0.354. The summed E-state index contributed by atoms with van der Waals surface area (Å²) in [6, 6.07) is 0.354. The Labute approximate surface area is 161 Å². The fourth-order valence-corrected chi connectivity index (χ4v) is 3.00. The number of hydrogen-bond acceptors (Lipinski definition) is 6. The first-order chi connectivity index (χ1) is 12.5. The Morgan fingerprint density at radius 2 is 2.12 bits per heavy atom. The number of anilines is 1. The zero-order chi connectivity index (χ0) is 19.4. The van der Waals surface area contributed by atoms with Crippen LogP contribution in [0.5, 0.6) is 0 Å². The number of rotatable bonds is 12. The molecule has 6 heteroatoms. The Bertz CT molecular complexity index is 645. The van der Waals surface area contributed by atoms with Crippen LogP contribution in [0.4, 0.5) is 5.13 Å². The highest BCUT2D eigenvalue weighted by Crippen LogP contribution is 2.19.